The predicted molar refractivity (Wildman–Crippen MR) is 132 cm³/mol. The lowest BCUT2D eigenvalue weighted by Gasteiger charge is -2.20. The van der Waals surface area contributed by atoms with Crippen molar-refractivity contribution in [3.05, 3.63) is 34.3 Å². The summed E-state index contributed by atoms with van der Waals surface area (Å²) in [5.41, 5.74) is 12.9. The Morgan fingerprint density at radius 3 is 1.43 bits per heavy atom. The molecule has 18 heteroatoms. The van der Waals surface area contributed by atoms with Crippen LogP contribution in [0.3, 0.4) is 0 Å². The van der Waals surface area contributed by atoms with Crippen LogP contribution in [-0.2, 0) is 9.47 Å². The molecule has 6 rings (SSSR count). The zero-order valence-corrected chi connectivity index (χ0v) is 21.8. The molecule has 0 unspecified atom stereocenters. The zero-order valence-electron chi connectivity index (χ0n) is 21.8. The minimum atomic E-state index is -1.17. The fourth-order valence-corrected chi connectivity index (χ4v) is 4.84. The number of aromatic nitrogens is 4. The predicted octanol–water partition coefficient (Wildman–Crippen LogP) is -7.92. The van der Waals surface area contributed by atoms with Crippen LogP contribution in [0.5, 0.6) is 0 Å². The molecule has 10 N–H and O–H groups in total. The van der Waals surface area contributed by atoms with Crippen molar-refractivity contribution >= 4 is 11.6 Å². The molecule has 0 bridgehead atoms. The Morgan fingerprint density at radius 2 is 1.10 bits per heavy atom. The van der Waals surface area contributed by atoms with Gasteiger partial charge in [0.05, 0.1) is 25.9 Å². The fourth-order valence-electron chi connectivity index (χ4n) is 4.84. The molecule has 4 aliphatic rings. The van der Waals surface area contributed by atoms with E-state index >= 15 is 0 Å². The van der Waals surface area contributed by atoms with Gasteiger partial charge in [-0.2, -0.15) is 0 Å². The Labute approximate surface area is 226 Å². The highest BCUT2D eigenvalue weighted by Gasteiger charge is 2.45. The summed E-state index contributed by atoms with van der Waals surface area (Å²) < 4.78 is 14.0. The van der Waals surface area contributed by atoms with Crippen LogP contribution in [-0.4, -0.2) is 137 Å². The molecule has 8 atom stereocenters. The molecule has 2 saturated heterocycles. The summed E-state index contributed by atoms with van der Waals surface area (Å²) in [4.78, 5) is 20.5. The first kappa shape index (κ1) is 28.2. The summed E-state index contributed by atoms with van der Waals surface area (Å²) in [5, 5.41) is 58.9. The molecule has 18 nitrogen and oxygen atoms in total. The molecule has 220 valence electrons. The van der Waals surface area contributed by atoms with Crippen LogP contribution in [0.1, 0.15) is 12.5 Å². The number of fused-ring (bicyclic) bond motifs is 2. The molecule has 6 heterocycles. The van der Waals surface area contributed by atoms with Crippen molar-refractivity contribution in [2.24, 2.45) is 21.5 Å². The van der Waals surface area contributed by atoms with Crippen LogP contribution in [0.2, 0.25) is 0 Å². The van der Waals surface area contributed by atoms with Gasteiger partial charge in [0.1, 0.15) is 72.3 Å². The number of hydrogen-bond acceptors (Lipinski definition) is 16. The summed E-state index contributed by atoms with van der Waals surface area (Å²) >= 11 is 0. The summed E-state index contributed by atoms with van der Waals surface area (Å²) in [6, 6.07) is 0. The molecule has 2 fully saturated rings. The summed E-state index contributed by atoms with van der Waals surface area (Å²) in [5.74, 6) is 0.973. The summed E-state index contributed by atoms with van der Waals surface area (Å²) in [6.07, 6.45) is -5.09. The number of imidazole rings is 2. The second-order valence-electron chi connectivity index (χ2n) is 9.87. The third kappa shape index (κ3) is 4.57. The van der Waals surface area contributed by atoms with Crippen LogP contribution < -0.4 is 33.1 Å². The van der Waals surface area contributed by atoms with Crippen molar-refractivity contribution < 1.29 is 40.1 Å². The summed E-state index contributed by atoms with van der Waals surface area (Å²) in [7, 11) is 3.60. The quantitative estimate of drug-likeness (QED) is 0.171. The second-order valence-corrected chi connectivity index (χ2v) is 9.87. The van der Waals surface area contributed by atoms with Crippen molar-refractivity contribution in [2.45, 2.75) is 49.1 Å². The van der Waals surface area contributed by atoms with Gasteiger partial charge in [-0.1, -0.05) is 0 Å². The van der Waals surface area contributed by atoms with Crippen molar-refractivity contribution in [3.8, 4) is 0 Å². The third-order valence-corrected chi connectivity index (χ3v) is 7.29. The first-order chi connectivity index (χ1) is 19.1. The number of nitrogens with zero attached hydrogens (tertiary/aromatic N) is 8. The van der Waals surface area contributed by atoms with Gasteiger partial charge in [0, 0.05) is 14.1 Å². The Hall–Kier alpha value is -3.36. The highest BCUT2D eigenvalue weighted by molar-refractivity contribution is 5.36. The summed E-state index contributed by atoms with van der Waals surface area (Å²) in [6.45, 7) is -0.00182. The van der Waals surface area contributed by atoms with Gasteiger partial charge in [-0.15, -0.1) is 0 Å². The Kier molecular flexibility index (Phi) is 7.68. The average Bonchev–Trinajstić information content (AvgIpc) is 3.70. The van der Waals surface area contributed by atoms with E-state index in [0.29, 0.717) is 46.7 Å². The lowest BCUT2D eigenvalue weighted by atomic mass is 10.1. The van der Waals surface area contributed by atoms with E-state index in [2.05, 4.69) is 20.0 Å². The molecule has 40 heavy (non-hydrogen) atoms. The van der Waals surface area contributed by atoms with Gasteiger partial charge in [0.15, 0.2) is 23.4 Å². The standard InChI is InChI=1S/2C11H17N5O4/c2*1-15-3-14-10-6(9(15)12)13-4-16(10)11-8(19)7(18)5(2-17)20-11/h2*4-5,7-8,11,17-19H,2-3,12H2,1H3/t2*5-,7-,8-,11-/m11/s1. The van der Waals surface area contributed by atoms with E-state index in [0.717, 1.165) is 0 Å². The maximum atomic E-state index is 10.0. The number of rotatable bonds is 4. The molecule has 0 aliphatic carbocycles. The number of hydrogen-bond donors (Lipinski definition) is 8. The van der Waals surface area contributed by atoms with Crippen LogP contribution in [0.4, 0.5) is 0 Å². The Bertz CT molecular complexity index is 1370. The molecule has 4 aliphatic heterocycles. The average molecular weight is 567 g/mol. The minimum absolute atomic E-state index is 0.374. The lowest BCUT2D eigenvalue weighted by molar-refractivity contribution is -0.0546. The number of nitrogens with two attached hydrogens (primary N) is 2. The zero-order chi connectivity index (χ0) is 28.9. The number of ether oxygens (including phenoxy) is 2. The van der Waals surface area contributed by atoms with Crippen LogP contribution in [0.15, 0.2) is 22.6 Å². The first-order valence-corrected chi connectivity index (χ1v) is 12.5. The molecule has 2 aromatic heterocycles. The second kappa shape index (κ2) is 10.9. The molecule has 0 aromatic carbocycles. The molecule has 0 amide bonds. The van der Waals surface area contributed by atoms with E-state index in [1.807, 2.05) is 0 Å². The topological polar surface area (TPSA) is 259 Å². The van der Waals surface area contributed by atoms with Gasteiger partial charge < -0.3 is 61.4 Å². The highest BCUT2D eigenvalue weighted by Crippen LogP contribution is 2.28. The van der Waals surface area contributed by atoms with Gasteiger partial charge in [0.25, 0.3) is 0 Å². The van der Waals surface area contributed by atoms with Crippen molar-refractivity contribution in [3.63, 3.8) is 0 Å². The number of aliphatic hydroxyl groups is 6. The van der Waals surface area contributed by atoms with E-state index in [9.17, 15) is 20.4 Å². The monoisotopic (exact) mass is 566 g/mol. The molecule has 0 spiro atoms. The molecule has 0 radical (unpaired) electrons. The molecule has 2 aromatic rings. The lowest BCUT2D eigenvalue weighted by Crippen LogP contribution is -2.46. The first-order valence-electron chi connectivity index (χ1n) is 12.5. The molecule has 0 saturated carbocycles. The molecular weight excluding hydrogens is 532 g/mol. The van der Waals surface area contributed by atoms with Crippen LogP contribution in [0, 0.1) is 0 Å². The maximum absolute atomic E-state index is 10.0. The van der Waals surface area contributed by atoms with Crippen LogP contribution >= 0.6 is 0 Å². The van der Waals surface area contributed by atoms with Gasteiger partial charge in [0.2, 0.25) is 0 Å². The van der Waals surface area contributed by atoms with Gasteiger partial charge >= 0.3 is 0 Å². The van der Waals surface area contributed by atoms with Crippen molar-refractivity contribution in [1.29, 1.82) is 0 Å². The van der Waals surface area contributed by atoms with Gasteiger partial charge in [-0.25, -0.2) is 20.0 Å². The minimum Gasteiger partial charge on any atom is -0.394 e. The largest absolute Gasteiger partial charge is 0.394 e. The van der Waals surface area contributed by atoms with Crippen molar-refractivity contribution in [1.82, 2.24) is 28.9 Å². The fraction of sp³-hybridized carbons (Fsp3) is 0.636. The smallest absolute Gasteiger partial charge is 0.165 e. The third-order valence-electron chi connectivity index (χ3n) is 7.29. The van der Waals surface area contributed by atoms with E-state index < -0.39 is 49.1 Å². The van der Waals surface area contributed by atoms with Gasteiger partial charge in [-0.05, 0) is 0 Å². The van der Waals surface area contributed by atoms with E-state index in [-0.39, 0.29) is 13.2 Å². The van der Waals surface area contributed by atoms with Crippen molar-refractivity contribution in [2.75, 3.05) is 40.6 Å². The maximum Gasteiger partial charge on any atom is 0.165 e. The molecular formula is C22H34N10O8. The highest BCUT2D eigenvalue weighted by atomic mass is 16.6. The Balaban J connectivity index is 0.000000161. The SMILES string of the molecule is CN1CN=c2c(ncn2[C@@H]2O[C@H](CO)[C@@H](O)[C@H]2O)=C1N.CN1CN=c2c(ncn2[C@@H]2O[C@H](CO)[C@@H](O)[C@H]2O)=C1N. The normalized spacial score (nSPS) is 33.2. The number of aliphatic hydroxyl groups excluding tert-OH is 6. The van der Waals surface area contributed by atoms with Gasteiger partial charge in [-0.3, -0.25) is 9.13 Å². The Morgan fingerprint density at radius 1 is 0.725 bits per heavy atom. The van der Waals surface area contributed by atoms with E-state index in [1.54, 1.807) is 23.9 Å². The van der Waals surface area contributed by atoms with Crippen LogP contribution in [0.25, 0.3) is 11.6 Å². The van der Waals surface area contributed by atoms with E-state index in [4.69, 9.17) is 31.2 Å². The van der Waals surface area contributed by atoms with E-state index in [1.165, 1.54) is 21.8 Å².